The summed E-state index contributed by atoms with van der Waals surface area (Å²) in [5, 5.41) is 2.58. The van der Waals surface area contributed by atoms with Crippen LogP contribution >= 0.6 is 0 Å². The van der Waals surface area contributed by atoms with Gasteiger partial charge in [0, 0.05) is 12.8 Å². The minimum atomic E-state index is -0.0922. The fourth-order valence-electron chi connectivity index (χ4n) is 4.99. The molecule has 0 aromatic heterocycles. The average Bonchev–Trinajstić information content (AvgIpc) is 2.93. The monoisotopic (exact) mass is 546 g/mol. The Bertz CT molecular complexity index is 531. The summed E-state index contributed by atoms with van der Waals surface area (Å²) in [6.45, 7) is 4.53. The Morgan fingerprint density at radius 3 is 0.949 bits per heavy atom. The minimum absolute atomic E-state index is 0.0922. The molecule has 0 saturated heterocycles. The maximum atomic E-state index is 12.0. The number of rotatable bonds is 30. The van der Waals surface area contributed by atoms with Crippen LogP contribution in [0.15, 0.2) is 24.3 Å². The van der Waals surface area contributed by atoms with Crippen LogP contribution in [0.4, 0.5) is 0 Å². The Morgan fingerprint density at radius 2 is 0.641 bits per heavy atom. The van der Waals surface area contributed by atoms with Crippen molar-refractivity contribution in [2.45, 2.75) is 194 Å². The van der Waals surface area contributed by atoms with Gasteiger partial charge >= 0.3 is 0 Å². The van der Waals surface area contributed by atoms with Crippen LogP contribution < -0.4 is 5.32 Å². The van der Waals surface area contributed by atoms with E-state index in [4.69, 9.17) is 0 Å². The molecule has 3 heteroatoms. The molecule has 0 atom stereocenters. The van der Waals surface area contributed by atoms with E-state index < -0.39 is 0 Å². The summed E-state index contributed by atoms with van der Waals surface area (Å²) in [6.07, 6.45) is 42.9. The first-order valence-electron chi connectivity index (χ1n) is 17.3. The van der Waals surface area contributed by atoms with Crippen LogP contribution in [-0.2, 0) is 9.59 Å². The van der Waals surface area contributed by atoms with Crippen molar-refractivity contribution in [3.63, 3.8) is 0 Å². The van der Waals surface area contributed by atoms with Crippen LogP contribution in [-0.4, -0.2) is 11.8 Å². The fourth-order valence-corrected chi connectivity index (χ4v) is 4.99. The molecule has 3 nitrogen and oxygen atoms in total. The van der Waals surface area contributed by atoms with Gasteiger partial charge in [-0.25, -0.2) is 0 Å². The molecule has 1 N–H and O–H groups in total. The van der Waals surface area contributed by atoms with Gasteiger partial charge in [0.05, 0.1) is 0 Å². The molecule has 2 amide bonds. The van der Waals surface area contributed by atoms with E-state index in [1.165, 1.54) is 141 Å². The Labute approximate surface area is 244 Å². The molecule has 0 rings (SSSR count). The molecule has 0 unspecified atom stereocenters. The lowest BCUT2D eigenvalue weighted by atomic mass is 10.1. The molecule has 0 spiro atoms. The largest absolute Gasteiger partial charge is 0.296 e. The maximum absolute atomic E-state index is 12.0. The summed E-state index contributed by atoms with van der Waals surface area (Å²) in [5.41, 5.74) is 0. The summed E-state index contributed by atoms with van der Waals surface area (Å²) in [5.74, 6) is -0.184. The zero-order valence-electron chi connectivity index (χ0n) is 26.4. The first-order chi connectivity index (χ1) is 19.2. The molecule has 0 aromatic rings. The zero-order valence-corrected chi connectivity index (χ0v) is 26.4. The van der Waals surface area contributed by atoms with Gasteiger partial charge in [0.1, 0.15) is 0 Å². The lowest BCUT2D eigenvalue weighted by molar-refractivity contribution is -0.130. The van der Waals surface area contributed by atoms with Gasteiger partial charge in [-0.3, -0.25) is 14.9 Å². The minimum Gasteiger partial charge on any atom is -0.296 e. The highest BCUT2D eigenvalue weighted by atomic mass is 16.2. The number of nitrogens with one attached hydrogen (secondary N) is 1. The molecule has 0 saturated carbocycles. The van der Waals surface area contributed by atoms with Crippen molar-refractivity contribution in [1.29, 1.82) is 0 Å². The number of carbonyl (C=O) groups excluding carboxylic acids is 2. The number of unbranched alkanes of at least 4 members (excludes halogenated alkanes) is 22. The predicted octanol–water partition coefficient (Wildman–Crippen LogP) is 11.7. The van der Waals surface area contributed by atoms with Crippen molar-refractivity contribution in [1.82, 2.24) is 5.32 Å². The van der Waals surface area contributed by atoms with Crippen LogP contribution in [0.25, 0.3) is 0 Å². The van der Waals surface area contributed by atoms with E-state index in [2.05, 4.69) is 43.5 Å². The van der Waals surface area contributed by atoms with Gasteiger partial charge in [-0.2, -0.15) is 0 Å². The van der Waals surface area contributed by atoms with E-state index in [1.54, 1.807) is 0 Å². The van der Waals surface area contributed by atoms with Crippen molar-refractivity contribution >= 4 is 11.8 Å². The van der Waals surface area contributed by atoms with Crippen molar-refractivity contribution in [3.05, 3.63) is 24.3 Å². The molecule has 228 valence electrons. The highest BCUT2D eigenvalue weighted by Gasteiger charge is 2.07. The number of hydrogen-bond donors (Lipinski definition) is 1. The topological polar surface area (TPSA) is 46.2 Å². The third-order valence-electron chi connectivity index (χ3n) is 7.61. The van der Waals surface area contributed by atoms with Crippen molar-refractivity contribution < 1.29 is 9.59 Å². The van der Waals surface area contributed by atoms with E-state index >= 15 is 0 Å². The normalized spacial score (nSPS) is 11.6. The number of imide groups is 1. The maximum Gasteiger partial charge on any atom is 0.226 e. The van der Waals surface area contributed by atoms with Crippen LogP contribution in [0.3, 0.4) is 0 Å². The Balaban J connectivity index is 3.37. The molecule has 39 heavy (non-hydrogen) atoms. The molecule has 0 aliphatic rings. The Hall–Kier alpha value is -1.38. The molecule has 0 aliphatic heterocycles. The Kier molecular flexibility index (Phi) is 31.7. The van der Waals surface area contributed by atoms with Crippen molar-refractivity contribution in [3.8, 4) is 0 Å². The van der Waals surface area contributed by atoms with E-state index in [0.717, 1.165) is 25.7 Å². The number of allylic oxidation sites excluding steroid dienone is 4. The van der Waals surface area contributed by atoms with Gasteiger partial charge in [-0.15, -0.1) is 0 Å². The SMILES string of the molecule is CCCCCCCC/C=C\CCCCCCCC(=O)NC(=O)CCCCCCC/C=C/CCCCCCCC. The second kappa shape index (κ2) is 32.8. The summed E-state index contributed by atoms with van der Waals surface area (Å²) in [7, 11) is 0. The van der Waals surface area contributed by atoms with Crippen LogP contribution in [0, 0.1) is 0 Å². The fraction of sp³-hybridized carbons (Fsp3) is 0.833. The van der Waals surface area contributed by atoms with Gasteiger partial charge in [-0.1, -0.05) is 141 Å². The quantitative estimate of drug-likeness (QED) is 0.0720. The Morgan fingerprint density at radius 1 is 0.385 bits per heavy atom. The smallest absolute Gasteiger partial charge is 0.226 e. The highest BCUT2D eigenvalue weighted by Crippen LogP contribution is 2.12. The highest BCUT2D eigenvalue weighted by molar-refractivity contribution is 5.95. The second-order valence-electron chi connectivity index (χ2n) is 11.6. The van der Waals surface area contributed by atoms with E-state index in [0.29, 0.717) is 12.8 Å². The first kappa shape index (κ1) is 37.6. The van der Waals surface area contributed by atoms with Crippen LogP contribution in [0.5, 0.6) is 0 Å². The van der Waals surface area contributed by atoms with E-state index in [9.17, 15) is 9.59 Å². The molecule has 0 bridgehead atoms. The molecule has 0 fully saturated rings. The van der Waals surface area contributed by atoms with E-state index in [-0.39, 0.29) is 11.8 Å². The third-order valence-corrected chi connectivity index (χ3v) is 7.61. The van der Waals surface area contributed by atoms with Gasteiger partial charge < -0.3 is 0 Å². The van der Waals surface area contributed by atoms with Crippen molar-refractivity contribution in [2.75, 3.05) is 0 Å². The van der Waals surface area contributed by atoms with Crippen molar-refractivity contribution in [2.24, 2.45) is 0 Å². The summed E-state index contributed by atoms with van der Waals surface area (Å²) >= 11 is 0. The summed E-state index contributed by atoms with van der Waals surface area (Å²) in [6, 6.07) is 0. The molecule has 0 aromatic carbocycles. The lowest BCUT2D eigenvalue weighted by Crippen LogP contribution is -2.29. The zero-order chi connectivity index (χ0) is 28.5. The van der Waals surface area contributed by atoms with Gasteiger partial charge in [0.25, 0.3) is 0 Å². The van der Waals surface area contributed by atoms with Gasteiger partial charge in [0.2, 0.25) is 11.8 Å². The second-order valence-corrected chi connectivity index (χ2v) is 11.6. The average molecular weight is 546 g/mol. The van der Waals surface area contributed by atoms with Crippen LogP contribution in [0.2, 0.25) is 0 Å². The predicted molar refractivity (Wildman–Crippen MR) is 172 cm³/mol. The number of amides is 2. The van der Waals surface area contributed by atoms with Gasteiger partial charge in [-0.05, 0) is 64.2 Å². The number of hydrogen-bond acceptors (Lipinski definition) is 2. The molecule has 0 radical (unpaired) electrons. The van der Waals surface area contributed by atoms with E-state index in [1.807, 2.05) is 0 Å². The van der Waals surface area contributed by atoms with Gasteiger partial charge in [0.15, 0.2) is 0 Å². The first-order valence-corrected chi connectivity index (χ1v) is 17.3. The molecule has 0 aliphatic carbocycles. The standard InChI is InChI=1S/C36H67NO2/c1-3-5-7-9-11-13-15-17-19-21-23-25-27-29-31-33-35(38)37-36(39)34-32-30-28-26-24-22-20-18-16-14-12-10-8-6-4-2/h17-20H,3-16,21-34H2,1-2H3,(H,37,38,39)/b19-17-,20-18+. The lowest BCUT2D eigenvalue weighted by Gasteiger charge is -2.05. The summed E-state index contributed by atoms with van der Waals surface area (Å²) < 4.78 is 0. The number of carbonyl (C=O) groups is 2. The third kappa shape index (κ3) is 32.7. The molecular weight excluding hydrogens is 478 g/mol. The van der Waals surface area contributed by atoms with Crippen LogP contribution in [0.1, 0.15) is 194 Å². The summed E-state index contributed by atoms with van der Waals surface area (Å²) in [4.78, 5) is 24.0. The molecule has 0 heterocycles. The molecular formula is C36H67NO2.